The van der Waals surface area contributed by atoms with Crippen molar-refractivity contribution in [3.63, 3.8) is 0 Å². The van der Waals surface area contributed by atoms with Crippen molar-refractivity contribution >= 4 is 0 Å². The van der Waals surface area contributed by atoms with Gasteiger partial charge in [-0.05, 0) is 38.0 Å². The zero-order chi connectivity index (χ0) is 11.0. The summed E-state index contributed by atoms with van der Waals surface area (Å²) < 4.78 is 0. The van der Waals surface area contributed by atoms with Crippen molar-refractivity contribution in [3.8, 4) is 0 Å². The summed E-state index contributed by atoms with van der Waals surface area (Å²) in [6.45, 7) is 6.11. The number of nitrogens with one attached hydrogen (secondary N) is 1. The molecule has 1 heterocycles. The zero-order valence-corrected chi connectivity index (χ0v) is 10.7. The van der Waals surface area contributed by atoms with Crippen LogP contribution in [0.3, 0.4) is 0 Å². The average molecular weight is 222 g/mol. The molecule has 0 radical (unpaired) electrons. The molecule has 16 heavy (non-hydrogen) atoms. The molecule has 1 N–H and O–H groups in total. The van der Waals surface area contributed by atoms with Crippen LogP contribution in [0.5, 0.6) is 0 Å². The maximum absolute atomic E-state index is 3.56. The van der Waals surface area contributed by atoms with E-state index in [2.05, 4.69) is 17.1 Å². The van der Waals surface area contributed by atoms with Gasteiger partial charge in [0.2, 0.25) is 0 Å². The normalized spacial score (nSPS) is 39.6. The minimum absolute atomic E-state index is 0.704. The van der Waals surface area contributed by atoms with Gasteiger partial charge in [0.15, 0.2) is 0 Å². The molecule has 2 aliphatic carbocycles. The van der Waals surface area contributed by atoms with E-state index in [9.17, 15) is 0 Å². The van der Waals surface area contributed by atoms with E-state index < -0.39 is 0 Å². The molecule has 2 saturated carbocycles. The minimum Gasteiger partial charge on any atom is -0.312 e. The Bertz CT molecular complexity index is 245. The van der Waals surface area contributed by atoms with E-state index in [-0.39, 0.29) is 0 Å². The first-order chi connectivity index (χ1) is 7.80. The van der Waals surface area contributed by atoms with Gasteiger partial charge in [-0.2, -0.15) is 0 Å². The van der Waals surface area contributed by atoms with Gasteiger partial charge in [0, 0.05) is 31.7 Å². The van der Waals surface area contributed by atoms with E-state index in [0.29, 0.717) is 6.04 Å². The first kappa shape index (κ1) is 11.0. The number of hydrogen-bond acceptors (Lipinski definition) is 2. The molecule has 3 rings (SSSR count). The van der Waals surface area contributed by atoms with Crippen molar-refractivity contribution in [3.05, 3.63) is 0 Å². The van der Waals surface area contributed by atoms with Crippen LogP contribution in [-0.4, -0.2) is 36.6 Å². The number of hydrogen-bond donors (Lipinski definition) is 1. The van der Waals surface area contributed by atoms with Gasteiger partial charge in [-0.15, -0.1) is 0 Å². The first-order valence-corrected chi connectivity index (χ1v) is 7.28. The maximum atomic E-state index is 3.56. The number of nitrogens with zero attached hydrogens (tertiary/aromatic N) is 1. The SMILES string of the molecule is CC1CN(C2CCC23CCCCC3)CCN1. The van der Waals surface area contributed by atoms with E-state index in [4.69, 9.17) is 0 Å². The summed E-state index contributed by atoms with van der Waals surface area (Å²) in [6.07, 6.45) is 10.5. The second-order valence-corrected chi connectivity index (χ2v) is 6.33. The highest BCUT2D eigenvalue weighted by Gasteiger charge is 2.49. The Kier molecular flexibility index (Phi) is 2.97. The molecule has 92 valence electrons. The largest absolute Gasteiger partial charge is 0.312 e. The quantitative estimate of drug-likeness (QED) is 0.733. The summed E-state index contributed by atoms with van der Waals surface area (Å²) >= 11 is 0. The topological polar surface area (TPSA) is 15.3 Å². The first-order valence-electron chi connectivity index (χ1n) is 7.28. The average Bonchev–Trinajstić information content (AvgIpc) is 2.29. The van der Waals surface area contributed by atoms with Gasteiger partial charge in [0.05, 0.1) is 0 Å². The molecule has 2 unspecified atom stereocenters. The van der Waals surface area contributed by atoms with Crippen LogP contribution in [0.2, 0.25) is 0 Å². The molecular weight excluding hydrogens is 196 g/mol. The fourth-order valence-electron chi connectivity index (χ4n) is 4.34. The highest BCUT2D eigenvalue weighted by atomic mass is 15.2. The fraction of sp³-hybridized carbons (Fsp3) is 1.00. The second-order valence-electron chi connectivity index (χ2n) is 6.33. The molecule has 2 heteroatoms. The molecule has 0 aromatic carbocycles. The number of rotatable bonds is 1. The van der Waals surface area contributed by atoms with E-state index in [1.54, 1.807) is 0 Å². The Morgan fingerprint density at radius 2 is 1.94 bits per heavy atom. The summed E-state index contributed by atoms with van der Waals surface area (Å²) in [5.41, 5.74) is 0.759. The molecule has 2 nitrogen and oxygen atoms in total. The Hall–Kier alpha value is -0.0800. The minimum atomic E-state index is 0.704. The molecule has 0 amide bonds. The van der Waals surface area contributed by atoms with Crippen molar-refractivity contribution in [2.24, 2.45) is 5.41 Å². The Morgan fingerprint density at radius 1 is 1.12 bits per heavy atom. The highest BCUT2D eigenvalue weighted by Crippen LogP contribution is 2.53. The summed E-state index contributed by atoms with van der Waals surface area (Å²) in [7, 11) is 0. The molecule has 2 atom stereocenters. The van der Waals surface area contributed by atoms with Gasteiger partial charge in [0.25, 0.3) is 0 Å². The van der Waals surface area contributed by atoms with Crippen molar-refractivity contribution in [1.29, 1.82) is 0 Å². The molecule has 3 aliphatic rings. The lowest BCUT2D eigenvalue weighted by Crippen LogP contribution is -2.61. The van der Waals surface area contributed by atoms with E-state index in [1.165, 1.54) is 64.6 Å². The molecule has 0 aromatic heterocycles. The summed E-state index contributed by atoms with van der Waals surface area (Å²) in [6, 6.07) is 1.65. The van der Waals surface area contributed by atoms with Gasteiger partial charge in [-0.25, -0.2) is 0 Å². The lowest BCUT2D eigenvalue weighted by atomic mass is 9.56. The summed E-state index contributed by atoms with van der Waals surface area (Å²) in [5, 5.41) is 3.56. The van der Waals surface area contributed by atoms with E-state index in [1.807, 2.05) is 0 Å². The third-order valence-corrected chi connectivity index (χ3v) is 5.31. The predicted octanol–water partition coefficient (Wildman–Crippen LogP) is 2.39. The molecule has 0 aromatic rings. The van der Waals surface area contributed by atoms with Gasteiger partial charge in [-0.1, -0.05) is 19.3 Å². The van der Waals surface area contributed by atoms with Crippen LogP contribution in [0.15, 0.2) is 0 Å². The van der Waals surface area contributed by atoms with Crippen molar-refractivity contribution in [1.82, 2.24) is 10.2 Å². The molecule has 3 fully saturated rings. The smallest absolute Gasteiger partial charge is 0.0167 e. The molecule has 1 aliphatic heterocycles. The molecule has 1 saturated heterocycles. The second kappa shape index (κ2) is 4.30. The van der Waals surface area contributed by atoms with Crippen molar-refractivity contribution in [2.75, 3.05) is 19.6 Å². The van der Waals surface area contributed by atoms with Crippen molar-refractivity contribution < 1.29 is 0 Å². The Morgan fingerprint density at radius 3 is 2.56 bits per heavy atom. The lowest BCUT2D eigenvalue weighted by Gasteiger charge is -2.57. The van der Waals surface area contributed by atoms with Gasteiger partial charge < -0.3 is 5.32 Å². The summed E-state index contributed by atoms with van der Waals surface area (Å²) in [5.74, 6) is 0. The third-order valence-electron chi connectivity index (χ3n) is 5.31. The Balaban J connectivity index is 1.65. The Labute approximate surface area is 99.8 Å². The van der Waals surface area contributed by atoms with Crippen LogP contribution < -0.4 is 5.32 Å². The standard InChI is InChI=1S/C14H26N2/c1-12-11-16(10-9-15-12)13-5-8-14(13)6-3-2-4-7-14/h12-13,15H,2-11H2,1H3. The molecule has 0 bridgehead atoms. The van der Waals surface area contributed by atoms with E-state index in [0.717, 1.165) is 11.5 Å². The molecular formula is C14H26N2. The van der Waals surface area contributed by atoms with Gasteiger partial charge in [-0.3, -0.25) is 4.90 Å². The van der Waals surface area contributed by atoms with Gasteiger partial charge >= 0.3 is 0 Å². The van der Waals surface area contributed by atoms with E-state index >= 15 is 0 Å². The lowest BCUT2D eigenvalue weighted by molar-refractivity contribution is -0.0613. The maximum Gasteiger partial charge on any atom is 0.0167 e. The summed E-state index contributed by atoms with van der Waals surface area (Å²) in [4.78, 5) is 2.80. The molecule has 1 spiro atoms. The highest BCUT2D eigenvalue weighted by molar-refractivity contribution is 5.03. The van der Waals surface area contributed by atoms with Crippen LogP contribution in [0.4, 0.5) is 0 Å². The van der Waals surface area contributed by atoms with Gasteiger partial charge in [0.1, 0.15) is 0 Å². The zero-order valence-electron chi connectivity index (χ0n) is 10.7. The van der Waals surface area contributed by atoms with Crippen LogP contribution in [0.25, 0.3) is 0 Å². The number of piperazine rings is 1. The van der Waals surface area contributed by atoms with Crippen LogP contribution in [0.1, 0.15) is 51.9 Å². The van der Waals surface area contributed by atoms with Crippen LogP contribution in [0, 0.1) is 5.41 Å². The van der Waals surface area contributed by atoms with Crippen LogP contribution >= 0.6 is 0 Å². The fourth-order valence-corrected chi connectivity index (χ4v) is 4.34. The third kappa shape index (κ3) is 1.80. The monoisotopic (exact) mass is 222 g/mol. The van der Waals surface area contributed by atoms with Crippen LogP contribution in [-0.2, 0) is 0 Å². The van der Waals surface area contributed by atoms with Crippen molar-refractivity contribution in [2.45, 2.75) is 64.0 Å². The predicted molar refractivity (Wildman–Crippen MR) is 67.6 cm³/mol.